The molecule has 0 aromatic rings. The Hall–Kier alpha value is -1.06. The minimum absolute atomic E-state index is 0.0995. The summed E-state index contributed by atoms with van der Waals surface area (Å²) in [6, 6.07) is 0. The summed E-state index contributed by atoms with van der Waals surface area (Å²) in [7, 11) is 1.69. The number of amides is 1. The molecule has 2 N–H and O–H groups in total. The molecule has 4 nitrogen and oxygen atoms in total. The lowest BCUT2D eigenvalue weighted by Gasteiger charge is -2.39. The average molecular weight is 209 g/mol. The van der Waals surface area contributed by atoms with Gasteiger partial charge in [-0.15, -0.1) is 0 Å². The Balaban J connectivity index is 2.23. The second-order valence-electron chi connectivity index (χ2n) is 4.90. The maximum absolute atomic E-state index is 12.0. The van der Waals surface area contributed by atoms with E-state index in [1.54, 1.807) is 7.05 Å². The number of rotatable bonds is 0. The first kappa shape index (κ1) is 10.5. The number of hydrogen-bond acceptors (Lipinski definition) is 2. The van der Waals surface area contributed by atoms with Crippen molar-refractivity contribution in [2.75, 3.05) is 7.05 Å². The van der Waals surface area contributed by atoms with Crippen molar-refractivity contribution in [3.63, 3.8) is 0 Å². The van der Waals surface area contributed by atoms with Crippen LogP contribution in [0.1, 0.15) is 33.1 Å². The quantitative estimate of drug-likeness (QED) is 0.622. The fraction of sp³-hybridized carbons (Fsp3) is 0.818. The molecule has 1 spiro atoms. The molecule has 3 atom stereocenters. The van der Waals surface area contributed by atoms with E-state index in [4.69, 9.17) is 0 Å². The predicted molar refractivity (Wildman–Crippen MR) is 59.5 cm³/mol. The van der Waals surface area contributed by atoms with Gasteiger partial charge in [-0.2, -0.15) is 0 Å². The number of carbonyl (C=O) groups is 1. The fourth-order valence-electron chi connectivity index (χ4n) is 2.80. The molecule has 0 aromatic carbocycles. The molecular weight excluding hydrogens is 190 g/mol. The van der Waals surface area contributed by atoms with E-state index in [0.717, 1.165) is 25.2 Å². The zero-order chi connectivity index (χ0) is 11.1. The van der Waals surface area contributed by atoms with E-state index < -0.39 is 0 Å². The van der Waals surface area contributed by atoms with Crippen LogP contribution in [0.15, 0.2) is 4.99 Å². The summed E-state index contributed by atoms with van der Waals surface area (Å²) in [5.74, 6) is 1.83. The largest absolute Gasteiger partial charge is 0.341 e. The van der Waals surface area contributed by atoms with Crippen LogP contribution in [-0.2, 0) is 4.79 Å². The summed E-state index contributed by atoms with van der Waals surface area (Å²) in [5, 5.41) is 6.07. The first-order valence-electron chi connectivity index (χ1n) is 5.65. The third-order valence-electron chi connectivity index (χ3n) is 3.83. The van der Waals surface area contributed by atoms with Crippen molar-refractivity contribution in [1.82, 2.24) is 10.6 Å². The third-order valence-corrected chi connectivity index (χ3v) is 3.83. The number of hydrogen-bond donors (Lipinski definition) is 2. The summed E-state index contributed by atoms with van der Waals surface area (Å²) in [6.07, 6.45) is 3.14. The van der Waals surface area contributed by atoms with E-state index >= 15 is 0 Å². The fourth-order valence-corrected chi connectivity index (χ4v) is 2.80. The smallest absolute Gasteiger partial charge is 0.252 e. The SMILES string of the molecule is CN=C1NC(=O)C2(CCC(C)CC2C)N1. The van der Waals surface area contributed by atoms with Gasteiger partial charge in [0.2, 0.25) is 0 Å². The van der Waals surface area contributed by atoms with Crippen molar-refractivity contribution >= 4 is 11.9 Å². The first-order valence-corrected chi connectivity index (χ1v) is 5.65. The van der Waals surface area contributed by atoms with Crippen LogP contribution in [0.2, 0.25) is 0 Å². The Morgan fingerprint density at radius 3 is 2.73 bits per heavy atom. The molecule has 2 rings (SSSR count). The van der Waals surface area contributed by atoms with Gasteiger partial charge in [-0.3, -0.25) is 15.1 Å². The highest BCUT2D eigenvalue weighted by Gasteiger charge is 2.50. The maximum atomic E-state index is 12.0. The molecular formula is C11H19N3O. The minimum Gasteiger partial charge on any atom is -0.341 e. The van der Waals surface area contributed by atoms with E-state index in [2.05, 4.69) is 29.5 Å². The first-order chi connectivity index (χ1) is 7.08. The van der Waals surface area contributed by atoms with Crippen LogP contribution < -0.4 is 10.6 Å². The van der Waals surface area contributed by atoms with E-state index in [1.807, 2.05) is 0 Å². The molecule has 1 aliphatic heterocycles. The average Bonchev–Trinajstić information content (AvgIpc) is 2.52. The molecule has 15 heavy (non-hydrogen) atoms. The summed E-state index contributed by atoms with van der Waals surface area (Å²) in [6.45, 7) is 4.41. The highest BCUT2D eigenvalue weighted by molar-refractivity contribution is 6.09. The van der Waals surface area contributed by atoms with E-state index in [-0.39, 0.29) is 11.4 Å². The highest BCUT2D eigenvalue weighted by atomic mass is 16.2. The van der Waals surface area contributed by atoms with E-state index in [1.165, 1.54) is 0 Å². The van der Waals surface area contributed by atoms with Gasteiger partial charge in [-0.25, -0.2) is 0 Å². The molecule has 84 valence electrons. The van der Waals surface area contributed by atoms with Gasteiger partial charge in [0, 0.05) is 7.05 Å². The van der Waals surface area contributed by atoms with Crippen LogP contribution in [0.3, 0.4) is 0 Å². The van der Waals surface area contributed by atoms with Gasteiger partial charge < -0.3 is 5.32 Å². The van der Waals surface area contributed by atoms with Gasteiger partial charge in [0.1, 0.15) is 5.54 Å². The molecule has 2 fully saturated rings. The van der Waals surface area contributed by atoms with Gasteiger partial charge >= 0.3 is 0 Å². The zero-order valence-corrected chi connectivity index (χ0v) is 9.63. The normalized spacial score (nSPS) is 43.1. The number of aliphatic imine (C=N–C) groups is 1. The molecule has 0 bridgehead atoms. The second kappa shape index (κ2) is 3.51. The minimum atomic E-state index is -0.388. The van der Waals surface area contributed by atoms with Crippen molar-refractivity contribution in [2.45, 2.75) is 38.6 Å². The van der Waals surface area contributed by atoms with Crippen LogP contribution in [0.25, 0.3) is 0 Å². The highest BCUT2D eigenvalue weighted by Crippen LogP contribution is 2.38. The Kier molecular flexibility index (Phi) is 2.44. The van der Waals surface area contributed by atoms with Crippen LogP contribution in [-0.4, -0.2) is 24.5 Å². The number of nitrogens with zero attached hydrogens (tertiary/aromatic N) is 1. The summed E-state index contributed by atoms with van der Waals surface area (Å²) in [4.78, 5) is 16.0. The predicted octanol–water partition coefficient (Wildman–Crippen LogP) is 0.886. The lowest BCUT2D eigenvalue weighted by molar-refractivity contribution is -0.127. The standard InChI is InChI=1S/C11H19N3O/c1-7-4-5-11(8(2)6-7)9(15)13-10(12-3)14-11/h7-8H,4-6H2,1-3H3,(H2,12,13,14,15). The molecule has 1 aliphatic carbocycles. The molecule has 1 saturated heterocycles. The summed E-state index contributed by atoms with van der Waals surface area (Å²) < 4.78 is 0. The Labute approximate surface area is 90.5 Å². The van der Waals surface area contributed by atoms with Gasteiger partial charge in [0.15, 0.2) is 5.96 Å². The molecule has 3 unspecified atom stereocenters. The third kappa shape index (κ3) is 1.52. The lowest BCUT2D eigenvalue weighted by Crippen LogP contribution is -2.54. The lowest BCUT2D eigenvalue weighted by atomic mass is 9.70. The maximum Gasteiger partial charge on any atom is 0.252 e. The topological polar surface area (TPSA) is 53.5 Å². The van der Waals surface area contributed by atoms with Gasteiger partial charge in [0.25, 0.3) is 5.91 Å². The molecule has 4 heteroatoms. The molecule has 0 aromatic heterocycles. The molecule has 1 saturated carbocycles. The van der Waals surface area contributed by atoms with Crippen LogP contribution in [0.5, 0.6) is 0 Å². The number of carbonyl (C=O) groups excluding carboxylic acids is 1. The van der Waals surface area contributed by atoms with E-state index in [0.29, 0.717) is 11.9 Å². The Morgan fingerprint density at radius 2 is 2.20 bits per heavy atom. The van der Waals surface area contributed by atoms with Crippen LogP contribution >= 0.6 is 0 Å². The molecule has 0 radical (unpaired) electrons. The van der Waals surface area contributed by atoms with Crippen molar-refractivity contribution in [3.8, 4) is 0 Å². The van der Waals surface area contributed by atoms with Crippen LogP contribution in [0, 0.1) is 11.8 Å². The molecule has 1 heterocycles. The van der Waals surface area contributed by atoms with Gasteiger partial charge in [-0.05, 0) is 31.1 Å². The van der Waals surface area contributed by atoms with Crippen LogP contribution in [0.4, 0.5) is 0 Å². The van der Waals surface area contributed by atoms with Crippen molar-refractivity contribution < 1.29 is 4.79 Å². The molecule has 1 amide bonds. The summed E-state index contributed by atoms with van der Waals surface area (Å²) in [5.41, 5.74) is -0.388. The van der Waals surface area contributed by atoms with E-state index in [9.17, 15) is 4.79 Å². The summed E-state index contributed by atoms with van der Waals surface area (Å²) >= 11 is 0. The Morgan fingerprint density at radius 1 is 1.47 bits per heavy atom. The van der Waals surface area contributed by atoms with Crippen molar-refractivity contribution in [3.05, 3.63) is 0 Å². The Bertz CT molecular complexity index is 313. The van der Waals surface area contributed by atoms with Crippen molar-refractivity contribution in [1.29, 1.82) is 0 Å². The number of guanidine groups is 1. The van der Waals surface area contributed by atoms with Gasteiger partial charge in [0.05, 0.1) is 0 Å². The second-order valence-corrected chi connectivity index (χ2v) is 4.90. The van der Waals surface area contributed by atoms with Gasteiger partial charge in [-0.1, -0.05) is 13.8 Å². The monoisotopic (exact) mass is 209 g/mol. The van der Waals surface area contributed by atoms with Crippen molar-refractivity contribution in [2.24, 2.45) is 16.8 Å². The zero-order valence-electron chi connectivity index (χ0n) is 9.63. The molecule has 2 aliphatic rings. The number of nitrogens with one attached hydrogen (secondary N) is 2.